The van der Waals surface area contributed by atoms with Gasteiger partial charge in [-0.2, -0.15) is 0 Å². The number of carboxylic acid groups (broad SMARTS) is 1. The maximum Gasteiger partial charge on any atom is 0.303 e. The Kier molecular flexibility index (Phi) is 5.96. The Morgan fingerprint density at radius 2 is 1.77 bits per heavy atom. The molecule has 0 aliphatic carbocycles. The molecular weight excluding hydrogens is 396 g/mol. The molecule has 132 valence electrons. The Hall–Kier alpha value is -2.73. The molecule has 0 aliphatic rings. The minimum absolute atomic E-state index is 0.125. The number of carboxylic acids is 1. The Labute approximate surface area is 159 Å². The highest BCUT2D eigenvalue weighted by atomic mass is 79.9. The lowest BCUT2D eigenvalue weighted by Gasteiger charge is -2.08. The van der Waals surface area contributed by atoms with E-state index < -0.39 is 5.97 Å². The second-order valence-electron chi connectivity index (χ2n) is 5.70. The average Bonchev–Trinajstić information content (AvgIpc) is 2.66. The zero-order chi connectivity index (χ0) is 18.4. The Balaban J connectivity index is 1.62. The van der Waals surface area contributed by atoms with Gasteiger partial charge in [0.1, 0.15) is 12.4 Å². The molecule has 3 aromatic rings. The first-order valence-corrected chi connectivity index (χ1v) is 8.91. The van der Waals surface area contributed by atoms with Gasteiger partial charge in [0.25, 0.3) is 0 Å². The van der Waals surface area contributed by atoms with E-state index >= 15 is 0 Å². The van der Waals surface area contributed by atoms with Crippen molar-refractivity contribution in [2.24, 2.45) is 0 Å². The number of aromatic nitrogens is 2. The van der Waals surface area contributed by atoms with Crippen LogP contribution in [-0.4, -0.2) is 21.0 Å². The fourth-order valence-electron chi connectivity index (χ4n) is 2.38. The molecule has 0 atom stereocenters. The van der Waals surface area contributed by atoms with Crippen molar-refractivity contribution in [3.8, 4) is 17.1 Å². The van der Waals surface area contributed by atoms with Crippen molar-refractivity contribution in [1.82, 2.24) is 9.97 Å². The monoisotopic (exact) mass is 412 g/mol. The van der Waals surface area contributed by atoms with E-state index in [1.165, 1.54) is 0 Å². The van der Waals surface area contributed by atoms with E-state index in [0.717, 1.165) is 21.3 Å². The number of aryl methyl sites for hydroxylation is 1. The van der Waals surface area contributed by atoms with Crippen LogP contribution in [0.4, 0.5) is 0 Å². The summed E-state index contributed by atoms with van der Waals surface area (Å²) in [6.07, 6.45) is 2.36. The fourth-order valence-corrected chi connectivity index (χ4v) is 2.64. The first-order valence-electron chi connectivity index (χ1n) is 8.11. The number of aliphatic carboxylic acids is 1. The Morgan fingerprint density at radius 3 is 2.46 bits per heavy atom. The summed E-state index contributed by atoms with van der Waals surface area (Å²) >= 11 is 3.42. The van der Waals surface area contributed by atoms with Crippen molar-refractivity contribution in [3.05, 3.63) is 76.5 Å². The van der Waals surface area contributed by atoms with Crippen LogP contribution in [0.5, 0.6) is 5.75 Å². The van der Waals surface area contributed by atoms with Crippen LogP contribution in [0, 0.1) is 0 Å². The fraction of sp³-hybridized carbons (Fsp3) is 0.150. The molecule has 1 aromatic heterocycles. The van der Waals surface area contributed by atoms with Crippen molar-refractivity contribution in [2.75, 3.05) is 0 Å². The van der Waals surface area contributed by atoms with Crippen LogP contribution in [0.25, 0.3) is 11.4 Å². The van der Waals surface area contributed by atoms with Crippen LogP contribution in [0.3, 0.4) is 0 Å². The summed E-state index contributed by atoms with van der Waals surface area (Å²) in [5.74, 6) is 0.575. The maximum absolute atomic E-state index is 10.6. The lowest BCUT2D eigenvalue weighted by molar-refractivity contribution is -0.136. The third-order valence-electron chi connectivity index (χ3n) is 3.75. The summed E-state index contributed by atoms with van der Waals surface area (Å²) in [4.78, 5) is 19.5. The first kappa shape index (κ1) is 18.1. The minimum Gasteiger partial charge on any atom is -0.487 e. The summed E-state index contributed by atoms with van der Waals surface area (Å²) < 4.78 is 6.78. The van der Waals surface area contributed by atoms with E-state index in [2.05, 4.69) is 25.9 Å². The van der Waals surface area contributed by atoms with Crippen LogP contribution in [-0.2, 0) is 17.8 Å². The molecule has 26 heavy (non-hydrogen) atoms. The maximum atomic E-state index is 10.6. The van der Waals surface area contributed by atoms with Gasteiger partial charge in [-0.3, -0.25) is 4.79 Å². The molecule has 6 heteroatoms. The van der Waals surface area contributed by atoms with Gasteiger partial charge in [-0.05, 0) is 42.3 Å². The highest BCUT2D eigenvalue weighted by molar-refractivity contribution is 9.10. The van der Waals surface area contributed by atoms with Gasteiger partial charge in [0.05, 0.1) is 5.69 Å². The van der Waals surface area contributed by atoms with E-state index in [9.17, 15) is 4.79 Å². The van der Waals surface area contributed by atoms with Gasteiger partial charge in [-0.1, -0.05) is 40.2 Å². The number of ether oxygens (including phenoxy) is 1. The molecule has 3 rings (SSSR count). The SMILES string of the molecule is O=C(O)CCc1ccc(OCc2ccnc(-c3ccc(Br)cc3)n2)cc1. The van der Waals surface area contributed by atoms with Crippen LogP contribution < -0.4 is 4.74 Å². The molecule has 0 fully saturated rings. The zero-order valence-electron chi connectivity index (χ0n) is 13.9. The molecule has 0 saturated carbocycles. The summed E-state index contributed by atoms with van der Waals surface area (Å²) in [5, 5.41) is 8.72. The molecule has 2 aromatic carbocycles. The Bertz CT molecular complexity index is 880. The smallest absolute Gasteiger partial charge is 0.303 e. The lowest BCUT2D eigenvalue weighted by atomic mass is 10.1. The normalized spacial score (nSPS) is 10.5. The number of hydrogen-bond donors (Lipinski definition) is 1. The van der Waals surface area contributed by atoms with Gasteiger partial charge in [0.2, 0.25) is 0 Å². The molecule has 0 aliphatic heterocycles. The van der Waals surface area contributed by atoms with Crippen molar-refractivity contribution < 1.29 is 14.6 Å². The number of benzene rings is 2. The quantitative estimate of drug-likeness (QED) is 0.618. The van der Waals surface area contributed by atoms with Gasteiger partial charge in [0, 0.05) is 22.7 Å². The van der Waals surface area contributed by atoms with Gasteiger partial charge in [0.15, 0.2) is 5.82 Å². The summed E-state index contributed by atoms with van der Waals surface area (Å²) in [6, 6.07) is 17.1. The zero-order valence-corrected chi connectivity index (χ0v) is 15.5. The third-order valence-corrected chi connectivity index (χ3v) is 4.28. The molecule has 1 N–H and O–H groups in total. The van der Waals surface area contributed by atoms with Crippen LogP contribution >= 0.6 is 15.9 Å². The number of nitrogens with zero attached hydrogens (tertiary/aromatic N) is 2. The second-order valence-corrected chi connectivity index (χ2v) is 6.62. The molecule has 0 bridgehead atoms. The standard InChI is InChI=1S/C20H17BrN2O3/c21-16-6-4-15(5-7-16)20-22-12-11-17(23-20)13-26-18-8-1-14(2-9-18)3-10-19(24)25/h1-2,4-9,11-12H,3,10,13H2,(H,24,25). The average molecular weight is 413 g/mol. The van der Waals surface area contributed by atoms with Crippen molar-refractivity contribution >= 4 is 21.9 Å². The summed E-state index contributed by atoms with van der Waals surface area (Å²) in [6.45, 7) is 0.334. The molecule has 1 heterocycles. The highest BCUT2D eigenvalue weighted by Gasteiger charge is 2.04. The molecule has 0 unspecified atom stereocenters. The van der Waals surface area contributed by atoms with Gasteiger partial charge in [-0.15, -0.1) is 0 Å². The molecular formula is C20H17BrN2O3. The second kappa shape index (κ2) is 8.58. The first-order chi connectivity index (χ1) is 12.6. The molecule has 5 nitrogen and oxygen atoms in total. The highest BCUT2D eigenvalue weighted by Crippen LogP contribution is 2.19. The number of rotatable bonds is 7. The van der Waals surface area contributed by atoms with Gasteiger partial charge < -0.3 is 9.84 Å². The van der Waals surface area contributed by atoms with Crippen molar-refractivity contribution in [2.45, 2.75) is 19.4 Å². The molecule has 0 radical (unpaired) electrons. The summed E-state index contributed by atoms with van der Waals surface area (Å²) in [7, 11) is 0. The van der Waals surface area contributed by atoms with Crippen molar-refractivity contribution in [1.29, 1.82) is 0 Å². The van der Waals surface area contributed by atoms with E-state index in [1.807, 2.05) is 54.6 Å². The molecule has 0 amide bonds. The number of halogens is 1. The van der Waals surface area contributed by atoms with Gasteiger partial charge in [-0.25, -0.2) is 9.97 Å². The van der Waals surface area contributed by atoms with Crippen LogP contribution in [0.1, 0.15) is 17.7 Å². The predicted molar refractivity (Wildman–Crippen MR) is 102 cm³/mol. The third kappa shape index (κ3) is 5.13. The van der Waals surface area contributed by atoms with Crippen molar-refractivity contribution in [3.63, 3.8) is 0 Å². The van der Waals surface area contributed by atoms with Gasteiger partial charge >= 0.3 is 5.97 Å². The Morgan fingerprint density at radius 1 is 1.04 bits per heavy atom. The molecule has 0 spiro atoms. The largest absolute Gasteiger partial charge is 0.487 e. The molecule has 0 saturated heterocycles. The van der Waals surface area contributed by atoms with E-state index in [4.69, 9.17) is 9.84 Å². The summed E-state index contributed by atoms with van der Waals surface area (Å²) in [5.41, 5.74) is 2.70. The number of hydrogen-bond acceptors (Lipinski definition) is 4. The van der Waals surface area contributed by atoms with E-state index in [-0.39, 0.29) is 6.42 Å². The van der Waals surface area contributed by atoms with Crippen LogP contribution in [0.2, 0.25) is 0 Å². The minimum atomic E-state index is -0.796. The number of carbonyl (C=O) groups is 1. The van der Waals surface area contributed by atoms with E-state index in [0.29, 0.717) is 24.6 Å². The predicted octanol–water partition coefficient (Wildman–Crippen LogP) is 4.50. The topological polar surface area (TPSA) is 72.3 Å². The lowest BCUT2D eigenvalue weighted by Crippen LogP contribution is -2.01. The van der Waals surface area contributed by atoms with Crippen LogP contribution in [0.15, 0.2) is 65.3 Å². The van der Waals surface area contributed by atoms with E-state index in [1.54, 1.807) is 6.20 Å².